The molecule has 1 atom stereocenters. The van der Waals surface area contributed by atoms with Gasteiger partial charge >= 0.3 is 0 Å². The summed E-state index contributed by atoms with van der Waals surface area (Å²) in [5.74, 6) is -0.458. The third-order valence-corrected chi connectivity index (χ3v) is 4.26. The molecule has 0 saturated heterocycles. The molecule has 0 radical (unpaired) electrons. The largest absolute Gasteiger partial charge is 0.340 e. The Morgan fingerprint density at radius 3 is 2.28 bits per heavy atom. The van der Waals surface area contributed by atoms with Gasteiger partial charge in [0.25, 0.3) is 5.91 Å². The van der Waals surface area contributed by atoms with Crippen molar-refractivity contribution >= 4 is 17.5 Å². The number of rotatable bonds is 6. The number of amides is 2. The summed E-state index contributed by atoms with van der Waals surface area (Å²) >= 11 is 0. The fraction of sp³-hybridized carbons (Fsp3) is 0.333. The van der Waals surface area contributed by atoms with Crippen molar-refractivity contribution in [3.05, 3.63) is 65.2 Å². The molecule has 2 rings (SSSR count). The van der Waals surface area contributed by atoms with Gasteiger partial charge in [-0.25, -0.2) is 0 Å². The molecule has 132 valence electrons. The van der Waals surface area contributed by atoms with Gasteiger partial charge in [0.15, 0.2) is 0 Å². The van der Waals surface area contributed by atoms with E-state index in [1.54, 1.807) is 24.3 Å². The van der Waals surface area contributed by atoms with Crippen LogP contribution in [-0.2, 0) is 11.2 Å². The highest BCUT2D eigenvalue weighted by atomic mass is 16.2. The van der Waals surface area contributed by atoms with Crippen molar-refractivity contribution in [1.29, 1.82) is 0 Å². The van der Waals surface area contributed by atoms with Gasteiger partial charge in [-0.3, -0.25) is 9.59 Å². The molecule has 2 aromatic rings. The first kappa shape index (κ1) is 18.7. The molecule has 4 nitrogen and oxygen atoms in total. The van der Waals surface area contributed by atoms with Gasteiger partial charge in [-0.1, -0.05) is 57.2 Å². The van der Waals surface area contributed by atoms with E-state index in [0.717, 1.165) is 23.2 Å². The van der Waals surface area contributed by atoms with Crippen LogP contribution in [0.3, 0.4) is 0 Å². The normalized spacial score (nSPS) is 11.9. The average molecular weight is 338 g/mol. The first-order valence-electron chi connectivity index (χ1n) is 8.69. The van der Waals surface area contributed by atoms with Crippen LogP contribution in [0.4, 0.5) is 5.69 Å². The third kappa shape index (κ3) is 4.69. The molecule has 4 heteroatoms. The first-order valence-corrected chi connectivity index (χ1v) is 8.69. The van der Waals surface area contributed by atoms with Gasteiger partial charge < -0.3 is 10.6 Å². The molecule has 0 bridgehead atoms. The van der Waals surface area contributed by atoms with Crippen LogP contribution in [0.1, 0.15) is 42.3 Å². The summed E-state index contributed by atoms with van der Waals surface area (Å²) in [6, 6.07) is 14.3. The zero-order valence-electron chi connectivity index (χ0n) is 15.3. The number of hydrogen-bond acceptors (Lipinski definition) is 2. The van der Waals surface area contributed by atoms with Crippen LogP contribution in [0.2, 0.25) is 0 Å². The fourth-order valence-corrected chi connectivity index (χ4v) is 2.75. The molecule has 0 aliphatic carbocycles. The average Bonchev–Trinajstić information content (AvgIpc) is 2.61. The van der Waals surface area contributed by atoms with Gasteiger partial charge in [0.05, 0.1) is 0 Å². The van der Waals surface area contributed by atoms with E-state index in [4.69, 9.17) is 0 Å². The molecule has 0 saturated carbocycles. The van der Waals surface area contributed by atoms with E-state index in [2.05, 4.69) is 17.6 Å². The van der Waals surface area contributed by atoms with Gasteiger partial charge in [0.1, 0.15) is 6.04 Å². The van der Waals surface area contributed by atoms with Crippen LogP contribution in [0.15, 0.2) is 48.5 Å². The van der Waals surface area contributed by atoms with E-state index in [1.165, 1.54) is 0 Å². The fourth-order valence-electron chi connectivity index (χ4n) is 2.75. The third-order valence-electron chi connectivity index (χ3n) is 4.26. The van der Waals surface area contributed by atoms with Crippen LogP contribution in [0, 0.1) is 12.8 Å². The van der Waals surface area contributed by atoms with Gasteiger partial charge in [-0.05, 0) is 42.5 Å². The monoisotopic (exact) mass is 338 g/mol. The Morgan fingerprint density at radius 1 is 1.00 bits per heavy atom. The zero-order chi connectivity index (χ0) is 18.4. The number of carbonyl (C=O) groups is 2. The molecule has 0 aliphatic rings. The maximum Gasteiger partial charge on any atom is 0.251 e. The molecule has 0 aromatic heterocycles. The van der Waals surface area contributed by atoms with Crippen molar-refractivity contribution < 1.29 is 9.59 Å². The Labute approximate surface area is 149 Å². The van der Waals surface area contributed by atoms with Crippen LogP contribution >= 0.6 is 0 Å². The van der Waals surface area contributed by atoms with E-state index in [1.807, 2.05) is 45.0 Å². The summed E-state index contributed by atoms with van der Waals surface area (Å²) in [4.78, 5) is 25.2. The predicted molar refractivity (Wildman–Crippen MR) is 102 cm³/mol. The molecule has 0 fully saturated rings. The van der Waals surface area contributed by atoms with E-state index in [9.17, 15) is 9.59 Å². The molecular formula is C21H26N2O2. The quantitative estimate of drug-likeness (QED) is 0.838. The summed E-state index contributed by atoms with van der Waals surface area (Å²) in [6.07, 6.45) is 0.833. The lowest BCUT2D eigenvalue weighted by molar-refractivity contribution is -0.118. The van der Waals surface area contributed by atoms with Gasteiger partial charge in [0, 0.05) is 11.3 Å². The number of nitrogens with one attached hydrogen (secondary N) is 2. The summed E-state index contributed by atoms with van der Waals surface area (Å²) in [5.41, 5.74) is 3.50. The molecule has 0 spiro atoms. The standard InChI is InChI=1S/C21H26N2O2/c1-5-16-13-9-10-15(4)19(16)23-21(25)18(14(2)3)22-20(24)17-11-7-6-8-12-17/h6-14,18H,5H2,1-4H3,(H,22,24)(H,23,25). The number of hydrogen-bond donors (Lipinski definition) is 2. The number of aryl methyl sites for hydroxylation is 2. The lowest BCUT2D eigenvalue weighted by Gasteiger charge is -2.23. The first-order chi connectivity index (χ1) is 11.9. The minimum Gasteiger partial charge on any atom is -0.340 e. The Bertz CT molecular complexity index is 739. The molecule has 0 heterocycles. The van der Waals surface area contributed by atoms with Gasteiger partial charge in [-0.15, -0.1) is 0 Å². The molecule has 1 unspecified atom stereocenters. The molecule has 0 aliphatic heterocycles. The van der Waals surface area contributed by atoms with Gasteiger partial charge in [0.2, 0.25) is 5.91 Å². The predicted octanol–water partition coefficient (Wildman–Crippen LogP) is 3.95. The number of anilines is 1. The Hall–Kier alpha value is -2.62. The molecule has 2 N–H and O–H groups in total. The minimum atomic E-state index is -0.600. The summed E-state index contributed by atoms with van der Waals surface area (Å²) in [5, 5.41) is 5.87. The van der Waals surface area contributed by atoms with E-state index >= 15 is 0 Å². The summed E-state index contributed by atoms with van der Waals surface area (Å²) in [7, 11) is 0. The van der Waals surface area contributed by atoms with E-state index < -0.39 is 6.04 Å². The second kappa shape index (κ2) is 8.47. The number of benzene rings is 2. The Balaban J connectivity index is 2.18. The number of carbonyl (C=O) groups excluding carboxylic acids is 2. The highest BCUT2D eigenvalue weighted by molar-refractivity contribution is 6.01. The summed E-state index contributed by atoms with van der Waals surface area (Å²) in [6.45, 7) is 7.88. The highest BCUT2D eigenvalue weighted by Gasteiger charge is 2.25. The molecule has 25 heavy (non-hydrogen) atoms. The topological polar surface area (TPSA) is 58.2 Å². The molecule has 2 aromatic carbocycles. The smallest absolute Gasteiger partial charge is 0.251 e. The lowest BCUT2D eigenvalue weighted by atomic mass is 10.0. The van der Waals surface area contributed by atoms with Crippen molar-refractivity contribution in [3.8, 4) is 0 Å². The zero-order valence-corrected chi connectivity index (χ0v) is 15.3. The van der Waals surface area contributed by atoms with Crippen molar-refractivity contribution in [3.63, 3.8) is 0 Å². The second-order valence-corrected chi connectivity index (χ2v) is 6.51. The minimum absolute atomic E-state index is 0.0262. The molecular weight excluding hydrogens is 312 g/mol. The van der Waals surface area contributed by atoms with Gasteiger partial charge in [-0.2, -0.15) is 0 Å². The Morgan fingerprint density at radius 2 is 1.68 bits per heavy atom. The van der Waals surface area contributed by atoms with Crippen LogP contribution in [0.5, 0.6) is 0 Å². The van der Waals surface area contributed by atoms with E-state index in [-0.39, 0.29) is 17.7 Å². The highest BCUT2D eigenvalue weighted by Crippen LogP contribution is 2.22. The molecule has 2 amide bonds. The Kier molecular flexibility index (Phi) is 6.34. The van der Waals surface area contributed by atoms with E-state index in [0.29, 0.717) is 5.56 Å². The van der Waals surface area contributed by atoms with Crippen molar-refractivity contribution in [2.45, 2.75) is 40.2 Å². The SMILES string of the molecule is CCc1cccc(C)c1NC(=O)C(NC(=O)c1ccccc1)C(C)C. The number of para-hydroxylation sites is 1. The van der Waals surface area contributed by atoms with Crippen molar-refractivity contribution in [1.82, 2.24) is 5.32 Å². The maximum atomic E-state index is 12.8. The maximum absolute atomic E-state index is 12.8. The van der Waals surface area contributed by atoms with Crippen molar-refractivity contribution in [2.24, 2.45) is 5.92 Å². The van der Waals surface area contributed by atoms with Crippen molar-refractivity contribution in [2.75, 3.05) is 5.32 Å². The van der Waals surface area contributed by atoms with Crippen LogP contribution in [0.25, 0.3) is 0 Å². The van der Waals surface area contributed by atoms with Crippen LogP contribution < -0.4 is 10.6 Å². The lowest BCUT2D eigenvalue weighted by Crippen LogP contribution is -2.47. The second-order valence-electron chi connectivity index (χ2n) is 6.51. The summed E-state index contributed by atoms with van der Waals surface area (Å²) < 4.78 is 0. The van der Waals surface area contributed by atoms with Crippen LogP contribution in [-0.4, -0.2) is 17.9 Å².